The summed E-state index contributed by atoms with van der Waals surface area (Å²) in [6, 6.07) is 0. The van der Waals surface area contributed by atoms with Crippen molar-refractivity contribution in [1.82, 2.24) is 0 Å². The number of hydrogen-bond acceptors (Lipinski definition) is 6. The van der Waals surface area contributed by atoms with Gasteiger partial charge in [-0.25, -0.2) is 4.57 Å². The maximum atomic E-state index is 12.0. The molecule has 2 N–H and O–H groups in total. The number of ether oxygens (including phenoxy) is 2. The zero-order valence-corrected chi connectivity index (χ0v) is 25.9. The van der Waals surface area contributed by atoms with Gasteiger partial charge in [-0.15, -0.1) is 0 Å². The first-order valence-electron chi connectivity index (χ1n) is 15.8. The molecule has 9 heteroatoms. The second kappa shape index (κ2) is 27.2. The van der Waals surface area contributed by atoms with Gasteiger partial charge in [0.25, 0.3) is 0 Å². The van der Waals surface area contributed by atoms with Crippen molar-refractivity contribution in [2.24, 2.45) is 0 Å². The van der Waals surface area contributed by atoms with E-state index in [1.807, 2.05) is 6.92 Å². The molecule has 0 aromatic rings. The molecule has 0 amide bonds. The van der Waals surface area contributed by atoms with Gasteiger partial charge in [0.2, 0.25) is 0 Å². The van der Waals surface area contributed by atoms with E-state index >= 15 is 0 Å². The summed E-state index contributed by atoms with van der Waals surface area (Å²) >= 11 is 0. The number of phosphoric acid groups is 1. The van der Waals surface area contributed by atoms with Gasteiger partial charge in [-0.05, 0) is 12.8 Å². The Bertz CT molecular complexity index is 622. The molecule has 0 bridgehead atoms. The molecule has 0 rings (SSSR count). The lowest BCUT2D eigenvalue weighted by molar-refractivity contribution is -0.161. The Morgan fingerprint density at radius 2 is 0.974 bits per heavy atom. The fourth-order valence-corrected chi connectivity index (χ4v) is 4.89. The van der Waals surface area contributed by atoms with Crippen LogP contribution < -0.4 is 0 Å². The Balaban J connectivity index is 3.57. The number of carbonyl (C=O) groups is 2. The normalized spacial score (nSPS) is 12.4. The maximum Gasteiger partial charge on any atom is 0.469 e. The molecule has 0 saturated heterocycles. The molecule has 0 fully saturated rings. The molecule has 0 aromatic heterocycles. The van der Waals surface area contributed by atoms with Gasteiger partial charge in [0, 0.05) is 12.8 Å². The quantitative estimate of drug-likeness (QED) is 0.0514. The first-order chi connectivity index (χ1) is 18.8. The van der Waals surface area contributed by atoms with E-state index < -0.39 is 32.5 Å². The van der Waals surface area contributed by atoms with Crippen molar-refractivity contribution in [3.63, 3.8) is 0 Å². The van der Waals surface area contributed by atoms with Gasteiger partial charge in [-0.3, -0.25) is 14.1 Å². The zero-order valence-electron chi connectivity index (χ0n) is 25.0. The van der Waals surface area contributed by atoms with Gasteiger partial charge >= 0.3 is 19.8 Å². The summed E-state index contributed by atoms with van der Waals surface area (Å²) < 4.78 is 25.6. The van der Waals surface area contributed by atoms with Crippen molar-refractivity contribution >= 4 is 19.8 Å². The number of unbranched alkanes of at least 4 members (excludes halogenated alkanes) is 19. The smallest absolute Gasteiger partial charge is 0.462 e. The van der Waals surface area contributed by atoms with Crippen LogP contribution in [0.15, 0.2) is 0 Å². The highest BCUT2D eigenvalue weighted by Crippen LogP contribution is 2.35. The van der Waals surface area contributed by atoms with Crippen LogP contribution in [-0.2, 0) is 28.2 Å². The first kappa shape index (κ1) is 38.0. The summed E-state index contributed by atoms with van der Waals surface area (Å²) in [5.74, 6) is -0.938. The molecule has 39 heavy (non-hydrogen) atoms. The summed E-state index contributed by atoms with van der Waals surface area (Å²) in [5.41, 5.74) is 0. The summed E-state index contributed by atoms with van der Waals surface area (Å²) in [7, 11) is -4.71. The lowest BCUT2D eigenvalue weighted by Crippen LogP contribution is -2.29. The summed E-state index contributed by atoms with van der Waals surface area (Å²) in [6.45, 7) is 3.26. The Labute approximate surface area is 238 Å². The minimum atomic E-state index is -4.71. The van der Waals surface area contributed by atoms with Crippen molar-refractivity contribution < 1.29 is 37.9 Å². The summed E-state index contributed by atoms with van der Waals surface area (Å²) in [5, 5.41) is 0. The van der Waals surface area contributed by atoms with Crippen LogP contribution in [0, 0.1) is 0 Å². The zero-order chi connectivity index (χ0) is 29.0. The van der Waals surface area contributed by atoms with E-state index in [4.69, 9.17) is 19.3 Å². The fraction of sp³-hybridized carbons (Fsp3) is 0.933. The van der Waals surface area contributed by atoms with Crippen molar-refractivity contribution in [1.29, 1.82) is 0 Å². The minimum absolute atomic E-state index is 0.166. The van der Waals surface area contributed by atoms with Crippen LogP contribution in [0.1, 0.15) is 162 Å². The van der Waals surface area contributed by atoms with E-state index in [9.17, 15) is 14.2 Å². The van der Waals surface area contributed by atoms with Gasteiger partial charge in [0.05, 0.1) is 6.61 Å². The van der Waals surface area contributed by atoms with E-state index in [0.29, 0.717) is 6.42 Å². The molecule has 0 aliphatic heterocycles. The van der Waals surface area contributed by atoms with Crippen molar-refractivity contribution in [2.45, 2.75) is 168 Å². The number of phosphoric ester groups is 1. The van der Waals surface area contributed by atoms with Crippen molar-refractivity contribution in [3.05, 3.63) is 0 Å². The van der Waals surface area contributed by atoms with Crippen LogP contribution >= 0.6 is 7.82 Å². The molecule has 0 aromatic carbocycles. The molecular weight excluding hydrogens is 519 g/mol. The number of rotatable bonds is 29. The number of hydrogen-bond donors (Lipinski definition) is 2. The fourth-order valence-electron chi connectivity index (χ4n) is 4.53. The Morgan fingerprint density at radius 3 is 1.36 bits per heavy atom. The van der Waals surface area contributed by atoms with Gasteiger partial charge in [0.15, 0.2) is 6.10 Å². The van der Waals surface area contributed by atoms with E-state index in [0.717, 1.165) is 19.3 Å². The highest BCUT2D eigenvalue weighted by atomic mass is 31.2. The Morgan fingerprint density at radius 1 is 0.564 bits per heavy atom. The third-order valence-corrected chi connectivity index (χ3v) is 7.33. The number of esters is 2. The van der Waals surface area contributed by atoms with Crippen LogP contribution in [0.25, 0.3) is 0 Å². The Hall–Kier alpha value is -0.950. The van der Waals surface area contributed by atoms with E-state index in [-0.39, 0.29) is 19.4 Å². The average molecular weight is 579 g/mol. The average Bonchev–Trinajstić information content (AvgIpc) is 2.88. The predicted molar refractivity (Wildman–Crippen MR) is 156 cm³/mol. The molecule has 0 aliphatic rings. The van der Waals surface area contributed by atoms with Gasteiger partial charge in [0.1, 0.15) is 6.61 Å². The van der Waals surface area contributed by atoms with Crippen molar-refractivity contribution in [3.8, 4) is 0 Å². The predicted octanol–water partition coefficient (Wildman–Crippen LogP) is 8.56. The molecule has 0 spiro atoms. The Kier molecular flexibility index (Phi) is 26.6. The molecule has 0 aliphatic carbocycles. The largest absolute Gasteiger partial charge is 0.469 e. The standard InChI is InChI=1S/C30H59O8P/c1-3-5-6-7-8-9-10-11-12-13-14-15-16-17-18-19-20-21-22-23-25-29(31)36-26-28(27-37-39(33,34)35)38-30(32)24-4-2/h28H,3-27H2,1-2H3,(H2,33,34,35)/t28-/m1/s1. The van der Waals surface area contributed by atoms with Crippen LogP contribution in [0.5, 0.6) is 0 Å². The second-order valence-corrected chi connectivity index (χ2v) is 12.0. The lowest BCUT2D eigenvalue weighted by Gasteiger charge is -2.18. The second-order valence-electron chi connectivity index (χ2n) is 10.8. The van der Waals surface area contributed by atoms with Crippen molar-refractivity contribution in [2.75, 3.05) is 13.2 Å². The number of carbonyl (C=O) groups excluding carboxylic acids is 2. The van der Waals surface area contributed by atoms with Crippen LogP contribution in [0.3, 0.4) is 0 Å². The molecule has 0 heterocycles. The third kappa shape index (κ3) is 29.8. The molecule has 232 valence electrons. The molecule has 0 saturated carbocycles. The molecule has 1 atom stereocenters. The van der Waals surface area contributed by atoms with Crippen LogP contribution in [0.4, 0.5) is 0 Å². The lowest BCUT2D eigenvalue weighted by atomic mass is 10.0. The highest BCUT2D eigenvalue weighted by molar-refractivity contribution is 7.46. The molecular formula is C30H59O8P. The maximum absolute atomic E-state index is 12.0. The minimum Gasteiger partial charge on any atom is -0.462 e. The molecule has 0 radical (unpaired) electrons. The monoisotopic (exact) mass is 578 g/mol. The first-order valence-corrected chi connectivity index (χ1v) is 17.4. The van der Waals surface area contributed by atoms with Gasteiger partial charge in [-0.2, -0.15) is 0 Å². The third-order valence-electron chi connectivity index (χ3n) is 6.85. The SMILES string of the molecule is CCCCCCCCCCCCCCCCCCCCCCC(=O)OC[C@H](COP(=O)(O)O)OC(=O)CCC. The topological polar surface area (TPSA) is 119 Å². The van der Waals surface area contributed by atoms with E-state index in [2.05, 4.69) is 11.4 Å². The van der Waals surface area contributed by atoms with Crippen LogP contribution in [-0.4, -0.2) is 41.0 Å². The van der Waals surface area contributed by atoms with Gasteiger partial charge in [-0.1, -0.05) is 136 Å². The van der Waals surface area contributed by atoms with Gasteiger partial charge < -0.3 is 19.3 Å². The summed E-state index contributed by atoms with van der Waals surface area (Å²) in [4.78, 5) is 41.4. The van der Waals surface area contributed by atoms with Crippen LogP contribution in [0.2, 0.25) is 0 Å². The van der Waals surface area contributed by atoms with E-state index in [1.54, 1.807) is 0 Å². The molecule has 0 unspecified atom stereocenters. The molecule has 8 nitrogen and oxygen atoms in total. The van der Waals surface area contributed by atoms with E-state index in [1.165, 1.54) is 109 Å². The summed E-state index contributed by atoms with van der Waals surface area (Å²) in [6.07, 6.45) is 25.9. The highest BCUT2D eigenvalue weighted by Gasteiger charge is 2.22.